The molecule has 0 bridgehead atoms. The van der Waals surface area contributed by atoms with E-state index >= 15 is 0 Å². The van der Waals surface area contributed by atoms with E-state index in [2.05, 4.69) is 19.0 Å². The van der Waals surface area contributed by atoms with Gasteiger partial charge in [0.1, 0.15) is 5.75 Å². The van der Waals surface area contributed by atoms with Crippen LogP contribution >= 0.6 is 0 Å². The van der Waals surface area contributed by atoms with E-state index in [1.54, 1.807) is 24.3 Å². The SMILES string of the molecule is COc1ccc(S(C)(=O)=NC(=O)c2ccc(-c3nnc(C(F)(F)F)o3)cc2)cc1. The lowest BCUT2D eigenvalue weighted by molar-refractivity contribution is -0.156. The van der Waals surface area contributed by atoms with Crippen LogP contribution in [0.3, 0.4) is 0 Å². The maximum Gasteiger partial charge on any atom is 0.470 e. The van der Waals surface area contributed by atoms with Crippen molar-refractivity contribution in [2.75, 3.05) is 13.4 Å². The van der Waals surface area contributed by atoms with Gasteiger partial charge in [-0.2, -0.15) is 17.5 Å². The average Bonchev–Trinajstić information content (AvgIpc) is 3.18. The van der Waals surface area contributed by atoms with Crippen LogP contribution in [-0.4, -0.2) is 33.7 Å². The Kier molecular flexibility index (Phi) is 5.42. The van der Waals surface area contributed by atoms with E-state index in [9.17, 15) is 22.2 Å². The second-order valence-electron chi connectivity index (χ2n) is 5.86. The fraction of sp³-hybridized carbons (Fsp3) is 0.167. The number of benzene rings is 2. The van der Waals surface area contributed by atoms with Crippen LogP contribution in [0.5, 0.6) is 5.75 Å². The molecule has 152 valence electrons. The third-order valence-corrected chi connectivity index (χ3v) is 5.46. The molecule has 2 aromatic carbocycles. The molecule has 1 heterocycles. The molecule has 29 heavy (non-hydrogen) atoms. The molecule has 0 aliphatic carbocycles. The second kappa shape index (κ2) is 7.66. The molecule has 1 amide bonds. The van der Waals surface area contributed by atoms with E-state index in [1.807, 2.05) is 0 Å². The number of aromatic nitrogens is 2. The molecule has 0 spiro atoms. The van der Waals surface area contributed by atoms with Crippen molar-refractivity contribution in [2.45, 2.75) is 11.1 Å². The van der Waals surface area contributed by atoms with Crippen LogP contribution in [0.2, 0.25) is 0 Å². The molecular weight excluding hydrogens is 411 g/mol. The van der Waals surface area contributed by atoms with Crippen molar-refractivity contribution >= 4 is 15.6 Å². The summed E-state index contributed by atoms with van der Waals surface area (Å²) in [5.74, 6) is -1.97. The molecule has 0 saturated heterocycles. The lowest BCUT2D eigenvalue weighted by atomic mass is 10.1. The highest BCUT2D eigenvalue weighted by molar-refractivity contribution is 7.93. The zero-order valence-electron chi connectivity index (χ0n) is 15.1. The summed E-state index contributed by atoms with van der Waals surface area (Å²) in [6, 6.07) is 11.6. The Bertz CT molecular complexity index is 1150. The third-order valence-electron chi connectivity index (χ3n) is 3.80. The van der Waals surface area contributed by atoms with Crippen molar-refractivity contribution in [1.29, 1.82) is 0 Å². The van der Waals surface area contributed by atoms with Gasteiger partial charge < -0.3 is 9.15 Å². The van der Waals surface area contributed by atoms with Gasteiger partial charge in [-0.25, -0.2) is 4.21 Å². The Labute approximate surface area is 163 Å². The Morgan fingerprint density at radius 2 is 1.69 bits per heavy atom. The van der Waals surface area contributed by atoms with E-state index in [0.717, 1.165) is 0 Å². The smallest absolute Gasteiger partial charge is 0.470 e. The number of ether oxygens (including phenoxy) is 1. The van der Waals surface area contributed by atoms with Crippen molar-refractivity contribution in [2.24, 2.45) is 4.36 Å². The molecule has 0 saturated carbocycles. The number of rotatable bonds is 4. The van der Waals surface area contributed by atoms with Crippen LogP contribution in [0.25, 0.3) is 11.5 Å². The number of hydrogen-bond donors (Lipinski definition) is 0. The second-order valence-corrected chi connectivity index (χ2v) is 8.12. The molecule has 0 aliphatic heterocycles. The molecule has 1 aromatic heterocycles. The quantitative estimate of drug-likeness (QED) is 0.626. The molecule has 7 nitrogen and oxygen atoms in total. The summed E-state index contributed by atoms with van der Waals surface area (Å²) in [6.45, 7) is 0. The number of carbonyl (C=O) groups excluding carboxylic acids is 1. The molecule has 3 rings (SSSR count). The highest BCUT2D eigenvalue weighted by Gasteiger charge is 2.38. The maximum absolute atomic E-state index is 12.8. The predicted molar refractivity (Wildman–Crippen MR) is 96.8 cm³/mol. The zero-order chi connectivity index (χ0) is 21.2. The first-order valence-electron chi connectivity index (χ1n) is 8.02. The number of nitrogens with zero attached hydrogens (tertiary/aromatic N) is 3. The molecular formula is C18H14F3N3O4S. The number of alkyl halides is 3. The molecule has 11 heteroatoms. The monoisotopic (exact) mass is 425 g/mol. The number of carbonyl (C=O) groups is 1. The molecule has 1 unspecified atom stereocenters. The van der Waals surface area contributed by atoms with Crippen LogP contribution in [0.15, 0.2) is 62.2 Å². The first kappa shape index (κ1) is 20.5. The minimum absolute atomic E-state index is 0.104. The van der Waals surface area contributed by atoms with Gasteiger partial charge in [0.05, 0.1) is 16.8 Å². The first-order valence-corrected chi connectivity index (χ1v) is 9.94. The van der Waals surface area contributed by atoms with E-state index in [4.69, 9.17) is 4.74 Å². The lowest BCUT2D eigenvalue weighted by Gasteiger charge is -2.06. The van der Waals surface area contributed by atoms with Crippen LogP contribution in [0.4, 0.5) is 13.2 Å². The lowest BCUT2D eigenvalue weighted by Crippen LogP contribution is -2.04. The summed E-state index contributed by atoms with van der Waals surface area (Å²) in [4.78, 5) is 12.7. The molecule has 1 atom stereocenters. The predicted octanol–water partition coefficient (Wildman–Crippen LogP) is 4.06. The Morgan fingerprint density at radius 3 is 2.21 bits per heavy atom. The summed E-state index contributed by atoms with van der Waals surface area (Å²) in [5, 5.41) is 6.28. The van der Waals surface area contributed by atoms with Gasteiger partial charge in [0.2, 0.25) is 5.89 Å². The first-order chi connectivity index (χ1) is 13.6. The summed E-state index contributed by atoms with van der Waals surface area (Å²) in [7, 11) is -1.51. The Morgan fingerprint density at radius 1 is 1.07 bits per heavy atom. The Hall–Kier alpha value is -3.21. The molecule has 0 fully saturated rings. The van der Waals surface area contributed by atoms with Crippen LogP contribution in [0.1, 0.15) is 16.2 Å². The van der Waals surface area contributed by atoms with E-state index < -0.39 is 27.7 Å². The minimum Gasteiger partial charge on any atom is -0.497 e. The normalized spacial score (nSPS) is 13.6. The van der Waals surface area contributed by atoms with E-state index in [-0.39, 0.29) is 17.0 Å². The van der Waals surface area contributed by atoms with Gasteiger partial charge in [-0.3, -0.25) is 4.79 Å². The fourth-order valence-corrected chi connectivity index (χ4v) is 3.47. The summed E-state index contributed by atoms with van der Waals surface area (Å²) >= 11 is 0. The average molecular weight is 425 g/mol. The highest BCUT2D eigenvalue weighted by Crippen LogP contribution is 2.30. The topological polar surface area (TPSA) is 94.7 Å². The van der Waals surface area contributed by atoms with Gasteiger partial charge in [-0.1, -0.05) is 0 Å². The number of halogens is 3. The van der Waals surface area contributed by atoms with Gasteiger partial charge >= 0.3 is 12.1 Å². The zero-order valence-corrected chi connectivity index (χ0v) is 16.0. The van der Waals surface area contributed by atoms with Crippen molar-refractivity contribution < 1.29 is 31.3 Å². The van der Waals surface area contributed by atoms with Crippen molar-refractivity contribution in [3.8, 4) is 17.2 Å². The van der Waals surface area contributed by atoms with Gasteiger partial charge in [0.25, 0.3) is 5.91 Å². The molecule has 0 radical (unpaired) electrons. The number of methoxy groups -OCH3 is 1. The van der Waals surface area contributed by atoms with Crippen LogP contribution in [-0.2, 0) is 15.9 Å². The van der Waals surface area contributed by atoms with Gasteiger partial charge in [-0.05, 0) is 48.5 Å². The summed E-state index contributed by atoms with van der Waals surface area (Å²) in [5.41, 5.74) is 0.296. The minimum atomic E-state index is -4.75. The Balaban J connectivity index is 1.83. The third kappa shape index (κ3) is 4.62. The van der Waals surface area contributed by atoms with Crippen molar-refractivity contribution in [3.63, 3.8) is 0 Å². The van der Waals surface area contributed by atoms with Crippen molar-refractivity contribution in [1.82, 2.24) is 10.2 Å². The molecule has 0 N–H and O–H groups in total. The van der Waals surface area contributed by atoms with Gasteiger partial charge in [-0.15, -0.1) is 10.2 Å². The summed E-state index contributed by atoms with van der Waals surface area (Å²) in [6.07, 6.45) is -3.42. The van der Waals surface area contributed by atoms with Crippen LogP contribution in [0, 0.1) is 0 Å². The van der Waals surface area contributed by atoms with Gasteiger partial charge in [0, 0.05) is 22.3 Å². The standard InChI is InChI=1S/C18H14F3N3O4S/c1-27-13-7-9-14(10-8-13)29(2,26)24-15(25)11-3-5-12(6-4-11)16-22-23-17(28-16)18(19,20)21/h3-10H,1-2H3. The van der Waals surface area contributed by atoms with E-state index in [1.165, 1.54) is 37.6 Å². The van der Waals surface area contributed by atoms with Crippen molar-refractivity contribution in [3.05, 3.63) is 60.0 Å². The van der Waals surface area contributed by atoms with E-state index in [0.29, 0.717) is 10.6 Å². The fourth-order valence-electron chi connectivity index (χ4n) is 2.30. The number of hydrogen-bond acceptors (Lipinski definition) is 6. The number of amides is 1. The summed E-state index contributed by atoms with van der Waals surface area (Å²) < 4.78 is 63.8. The molecule has 0 aliphatic rings. The van der Waals surface area contributed by atoms with Crippen LogP contribution < -0.4 is 4.74 Å². The highest BCUT2D eigenvalue weighted by atomic mass is 32.2. The maximum atomic E-state index is 12.8. The largest absolute Gasteiger partial charge is 0.497 e. The molecule has 3 aromatic rings. The van der Waals surface area contributed by atoms with Gasteiger partial charge in [0.15, 0.2) is 0 Å².